The van der Waals surface area contributed by atoms with E-state index in [1.807, 2.05) is 12.1 Å². The van der Waals surface area contributed by atoms with Crippen LogP contribution in [0.4, 0.5) is 5.69 Å². The number of aliphatic hydroxyl groups is 1. The smallest absolute Gasteiger partial charge is 0.0762 e. The van der Waals surface area contributed by atoms with Crippen molar-refractivity contribution in [1.82, 2.24) is 0 Å². The van der Waals surface area contributed by atoms with E-state index in [0.717, 1.165) is 23.1 Å². The molecule has 94 valence electrons. The van der Waals surface area contributed by atoms with Gasteiger partial charge in [0.1, 0.15) is 0 Å². The summed E-state index contributed by atoms with van der Waals surface area (Å²) in [5, 5.41) is 9.55. The maximum Gasteiger partial charge on any atom is 0.0762 e. The molecule has 0 amide bonds. The first kappa shape index (κ1) is 12.9. The van der Waals surface area contributed by atoms with Gasteiger partial charge in [-0.25, -0.2) is 0 Å². The molecule has 0 aliphatic carbocycles. The number of halogens is 1. The van der Waals surface area contributed by atoms with Gasteiger partial charge in [0.05, 0.1) is 11.8 Å². The van der Waals surface area contributed by atoms with Crippen molar-refractivity contribution in [3.8, 4) is 0 Å². The SMILES string of the molecule is C[C@H](O)c1ccc(N2CCC(C)(C)C2)c(Br)c1. The molecule has 1 aliphatic rings. The van der Waals surface area contributed by atoms with Crippen LogP contribution in [0.3, 0.4) is 0 Å². The van der Waals surface area contributed by atoms with Gasteiger partial charge >= 0.3 is 0 Å². The van der Waals surface area contributed by atoms with Crippen LogP contribution in [0.15, 0.2) is 22.7 Å². The zero-order valence-corrected chi connectivity index (χ0v) is 12.3. The minimum atomic E-state index is -0.407. The number of aliphatic hydroxyl groups excluding tert-OH is 1. The standard InChI is InChI=1S/C14H20BrNO/c1-10(17)11-4-5-13(12(15)8-11)16-7-6-14(2,3)9-16/h4-5,8,10,17H,6-7,9H2,1-3H3/t10-/m0/s1. The first-order valence-electron chi connectivity index (χ1n) is 6.11. The van der Waals surface area contributed by atoms with Crippen molar-refractivity contribution in [1.29, 1.82) is 0 Å². The summed E-state index contributed by atoms with van der Waals surface area (Å²) in [7, 11) is 0. The van der Waals surface area contributed by atoms with Crippen LogP contribution in [-0.4, -0.2) is 18.2 Å². The third kappa shape index (κ3) is 2.83. The lowest BCUT2D eigenvalue weighted by Crippen LogP contribution is -2.23. The van der Waals surface area contributed by atoms with Crippen LogP contribution < -0.4 is 4.90 Å². The highest BCUT2D eigenvalue weighted by Gasteiger charge is 2.30. The van der Waals surface area contributed by atoms with Crippen molar-refractivity contribution in [2.75, 3.05) is 18.0 Å². The van der Waals surface area contributed by atoms with Gasteiger partial charge in [0.2, 0.25) is 0 Å². The molecule has 0 radical (unpaired) electrons. The minimum absolute atomic E-state index is 0.405. The summed E-state index contributed by atoms with van der Waals surface area (Å²) in [6, 6.07) is 6.13. The van der Waals surface area contributed by atoms with Gasteiger partial charge < -0.3 is 10.0 Å². The van der Waals surface area contributed by atoms with Crippen molar-refractivity contribution >= 4 is 21.6 Å². The summed E-state index contributed by atoms with van der Waals surface area (Å²) in [5.41, 5.74) is 2.60. The van der Waals surface area contributed by atoms with E-state index in [0.29, 0.717) is 5.41 Å². The molecule has 1 aromatic carbocycles. The van der Waals surface area contributed by atoms with Gasteiger partial charge in [0.15, 0.2) is 0 Å². The third-order valence-electron chi connectivity index (χ3n) is 3.47. The predicted octanol–water partition coefficient (Wildman–Crippen LogP) is 3.74. The largest absolute Gasteiger partial charge is 0.389 e. The Balaban J connectivity index is 2.23. The molecule has 0 aromatic heterocycles. The van der Waals surface area contributed by atoms with Gasteiger partial charge in [0.25, 0.3) is 0 Å². The highest BCUT2D eigenvalue weighted by Crippen LogP contribution is 2.36. The zero-order chi connectivity index (χ0) is 12.6. The Kier molecular flexibility index (Phi) is 3.50. The summed E-state index contributed by atoms with van der Waals surface area (Å²) >= 11 is 3.61. The van der Waals surface area contributed by atoms with Crippen molar-refractivity contribution in [2.24, 2.45) is 5.41 Å². The summed E-state index contributed by atoms with van der Waals surface area (Å²) in [4.78, 5) is 2.41. The van der Waals surface area contributed by atoms with E-state index < -0.39 is 6.10 Å². The van der Waals surface area contributed by atoms with E-state index in [-0.39, 0.29) is 0 Å². The molecule has 1 saturated heterocycles. The van der Waals surface area contributed by atoms with Gasteiger partial charge in [0, 0.05) is 17.6 Å². The summed E-state index contributed by atoms with van der Waals surface area (Å²) in [5.74, 6) is 0. The van der Waals surface area contributed by atoms with Crippen LogP contribution in [0.5, 0.6) is 0 Å². The van der Waals surface area contributed by atoms with Crippen LogP contribution in [-0.2, 0) is 0 Å². The molecular weight excluding hydrogens is 278 g/mol. The maximum absolute atomic E-state index is 9.55. The van der Waals surface area contributed by atoms with Gasteiger partial charge in [-0.15, -0.1) is 0 Å². The van der Waals surface area contributed by atoms with E-state index in [2.05, 4.69) is 40.7 Å². The molecule has 1 aliphatic heterocycles. The lowest BCUT2D eigenvalue weighted by Gasteiger charge is -2.23. The highest BCUT2D eigenvalue weighted by atomic mass is 79.9. The maximum atomic E-state index is 9.55. The topological polar surface area (TPSA) is 23.5 Å². The van der Waals surface area contributed by atoms with Crippen molar-refractivity contribution in [3.05, 3.63) is 28.2 Å². The number of rotatable bonds is 2. The Morgan fingerprint density at radius 3 is 2.59 bits per heavy atom. The van der Waals surface area contributed by atoms with Crippen LogP contribution in [0.2, 0.25) is 0 Å². The molecule has 2 nitrogen and oxygen atoms in total. The molecule has 0 spiro atoms. The Morgan fingerprint density at radius 1 is 1.41 bits per heavy atom. The van der Waals surface area contributed by atoms with Gasteiger partial charge in [-0.2, -0.15) is 0 Å². The Hall–Kier alpha value is -0.540. The summed E-state index contributed by atoms with van der Waals surface area (Å²) in [6.45, 7) is 8.62. The molecule has 2 rings (SSSR count). The minimum Gasteiger partial charge on any atom is -0.389 e. The Morgan fingerprint density at radius 2 is 2.12 bits per heavy atom. The van der Waals surface area contributed by atoms with Crippen LogP contribution in [0, 0.1) is 5.41 Å². The molecule has 0 bridgehead atoms. The monoisotopic (exact) mass is 297 g/mol. The molecular formula is C14H20BrNO. The van der Waals surface area contributed by atoms with E-state index in [1.165, 1.54) is 12.1 Å². The first-order chi connectivity index (χ1) is 7.89. The number of hydrogen-bond acceptors (Lipinski definition) is 2. The zero-order valence-electron chi connectivity index (χ0n) is 10.7. The van der Waals surface area contributed by atoms with E-state index in [1.54, 1.807) is 6.92 Å². The molecule has 0 saturated carbocycles. The normalized spacial score (nSPS) is 20.6. The second-order valence-electron chi connectivity index (χ2n) is 5.72. The Labute approximate surface area is 112 Å². The quantitative estimate of drug-likeness (QED) is 0.899. The van der Waals surface area contributed by atoms with E-state index in [4.69, 9.17) is 0 Å². The highest BCUT2D eigenvalue weighted by molar-refractivity contribution is 9.10. The van der Waals surface area contributed by atoms with E-state index >= 15 is 0 Å². The second kappa shape index (κ2) is 4.62. The van der Waals surface area contributed by atoms with Gasteiger partial charge in [-0.05, 0) is 52.4 Å². The molecule has 1 aromatic rings. The number of anilines is 1. The molecule has 0 unspecified atom stereocenters. The van der Waals surface area contributed by atoms with Crippen molar-refractivity contribution in [3.63, 3.8) is 0 Å². The average molecular weight is 298 g/mol. The van der Waals surface area contributed by atoms with Gasteiger partial charge in [-0.3, -0.25) is 0 Å². The van der Waals surface area contributed by atoms with Crippen LogP contribution in [0.1, 0.15) is 38.9 Å². The van der Waals surface area contributed by atoms with Crippen LogP contribution >= 0.6 is 15.9 Å². The van der Waals surface area contributed by atoms with Gasteiger partial charge in [-0.1, -0.05) is 19.9 Å². The lowest BCUT2D eigenvalue weighted by atomic mass is 9.93. The lowest BCUT2D eigenvalue weighted by molar-refractivity contribution is 0.199. The van der Waals surface area contributed by atoms with Crippen LogP contribution in [0.25, 0.3) is 0 Å². The number of hydrogen-bond donors (Lipinski definition) is 1. The average Bonchev–Trinajstić information content (AvgIpc) is 2.58. The first-order valence-corrected chi connectivity index (χ1v) is 6.91. The molecule has 17 heavy (non-hydrogen) atoms. The van der Waals surface area contributed by atoms with Crippen molar-refractivity contribution < 1.29 is 5.11 Å². The van der Waals surface area contributed by atoms with E-state index in [9.17, 15) is 5.11 Å². The predicted molar refractivity (Wildman–Crippen MR) is 75.4 cm³/mol. The number of benzene rings is 1. The fourth-order valence-corrected chi connectivity index (χ4v) is 3.00. The summed E-state index contributed by atoms with van der Waals surface area (Å²) in [6.07, 6.45) is 0.827. The summed E-state index contributed by atoms with van der Waals surface area (Å²) < 4.78 is 1.08. The Bertz CT molecular complexity index is 415. The second-order valence-corrected chi connectivity index (χ2v) is 6.58. The fourth-order valence-electron chi connectivity index (χ4n) is 2.36. The fraction of sp³-hybridized carbons (Fsp3) is 0.571. The molecule has 1 fully saturated rings. The molecule has 1 heterocycles. The molecule has 3 heteroatoms. The third-order valence-corrected chi connectivity index (χ3v) is 4.11. The molecule has 1 N–H and O–H groups in total. The number of nitrogens with zero attached hydrogens (tertiary/aromatic N) is 1. The van der Waals surface area contributed by atoms with Crippen molar-refractivity contribution in [2.45, 2.75) is 33.3 Å². The molecule has 1 atom stereocenters.